The molecule has 3 aromatic rings. The number of amides is 1. The van der Waals surface area contributed by atoms with Crippen LogP contribution in [0.1, 0.15) is 21.6 Å². The summed E-state index contributed by atoms with van der Waals surface area (Å²) < 4.78 is 0.703. The molecule has 25 heavy (non-hydrogen) atoms. The minimum absolute atomic E-state index is 0.0848. The van der Waals surface area contributed by atoms with Gasteiger partial charge in [-0.05, 0) is 23.8 Å². The Balaban J connectivity index is 1.58. The van der Waals surface area contributed by atoms with Crippen LogP contribution in [-0.4, -0.2) is 26.3 Å². The molecule has 3 rings (SSSR count). The number of benzene rings is 1. The number of anilines is 1. The molecule has 2 N–H and O–H groups in total. The van der Waals surface area contributed by atoms with Gasteiger partial charge in [-0.25, -0.2) is 5.10 Å². The highest BCUT2D eigenvalue weighted by molar-refractivity contribution is 8.00. The van der Waals surface area contributed by atoms with E-state index in [1.54, 1.807) is 12.1 Å². The average molecular weight is 370 g/mol. The van der Waals surface area contributed by atoms with Gasteiger partial charge in [0.1, 0.15) is 5.69 Å². The van der Waals surface area contributed by atoms with E-state index >= 15 is 0 Å². The van der Waals surface area contributed by atoms with Gasteiger partial charge in [0, 0.05) is 11.8 Å². The number of rotatable bonds is 5. The van der Waals surface area contributed by atoms with Gasteiger partial charge in [-0.15, -0.1) is 10.2 Å². The number of carbonyl (C=O) groups is 1. The third-order valence-corrected chi connectivity index (χ3v) is 5.03. The van der Waals surface area contributed by atoms with E-state index < -0.39 is 5.91 Å². The zero-order valence-electron chi connectivity index (χ0n) is 12.6. The lowest BCUT2D eigenvalue weighted by Gasteiger charge is -1.99. The number of aromatic nitrogens is 4. The van der Waals surface area contributed by atoms with Gasteiger partial charge in [0.15, 0.2) is 4.34 Å². The summed E-state index contributed by atoms with van der Waals surface area (Å²) in [6, 6.07) is 11.9. The maximum absolute atomic E-state index is 12.0. The highest BCUT2D eigenvalue weighted by atomic mass is 32.2. The van der Waals surface area contributed by atoms with Crippen molar-refractivity contribution in [1.82, 2.24) is 20.4 Å². The Kier molecular flexibility index (Phi) is 5.17. The summed E-state index contributed by atoms with van der Waals surface area (Å²) in [7, 11) is 0. The number of nitriles is 1. The number of hydrogen-bond donors (Lipinski definition) is 2. The van der Waals surface area contributed by atoms with Crippen molar-refractivity contribution in [1.29, 1.82) is 5.26 Å². The first-order chi connectivity index (χ1) is 12.1. The molecule has 0 atom stereocenters. The molecule has 1 aromatic carbocycles. The largest absolute Gasteiger partial charge is 0.295 e. The number of aromatic amines is 1. The molecule has 124 valence electrons. The summed E-state index contributed by atoms with van der Waals surface area (Å²) in [6.45, 7) is 0. The van der Waals surface area contributed by atoms with Crippen molar-refractivity contribution in [3.8, 4) is 6.07 Å². The van der Waals surface area contributed by atoms with Crippen LogP contribution < -0.4 is 10.9 Å². The lowest BCUT2D eigenvalue weighted by Crippen LogP contribution is -2.17. The smallest absolute Gasteiger partial charge is 0.277 e. The van der Waals surface area contributed by atoms with Gasteiger partial charge in [-0.3, -0.25) is 14.9 Å². The predicted molar refractivity (Wildman–Crippen MR) is 93.4 cm³/mol. The summed E-state index contributed by atoms with van der Waals surface area (Å²) in [6.07, 6.45) is 0. The molecule has 2 aromatic heterocycles. The van der Waals surface area contributed by atoms with E-state index in [1.807, 2.05) is 12.1 Å². The lowest BCUT2D eigenvalue weighted by molar-refractivity contribution is 0.102. The predicted octanol–water partition coefficient (Wildman–Crippen LogP) is 2.04. The lowest BCUT2D eigenvalue weighted by atomic mass is 10.2. The average Bonchev–Trinajstić information content (AvgIpc) is 3.08. The van der Waals surface area contributed by atoms with Crippen molar-refractivity contribution in [2.45, 2.75) is 10.1 Å². The van der Waals surface area contributed by atoms with E-state index in [-0.39, 0.29) is 11.3 Å². The second-order valence-corrected chi connectivity index (χ2v) is 6.93. The molecule has 8 nitrogen and oxygen atoms in total. The van der Waals surface area contributed by atoms with Crippen LogP contribution in [0.25, 0.3) is 0 Å². The Bertz CT molecular complexity index is 970. The van der Waals surface area contributed by atoms with E-state index in [0.717, 1.165) is 5.56 Å². The highest BCUT2D eigenvalue weighted by Gasteiger charge is 2.12. The maximum atomic E-state index is 12.0. The van der Waals surface area contributed by atoms with E-state index in [0.29, 0.717) is 20.8 Å². The zero-order valence-corrected chi connectivity index (χ0v) is 14.2. The number of thioether (sulfide) groups is 1. The van der Waals surface area contributed by atoms with Crippen LogP contribution in [0, 0.1) is 11.3 Å². The second-order valence-electron chi connectivity index (χ2n) is 4.73. The molecule has 0 fully saturated rings. The number of H-pyrrole nitrogens is 1. The Morgan fingerprint density at radius 3 is 2.72 bits per heavy atom. The normalized spacial score (nSPS) is 10.2. The van der Waals surface area contributed by atoms with Crippen LogP contribution in [0.15, 0.2) is 45.5 Å². The number of nitrogens with one attached hydrogen (secondary N) is 2. The first-order valence-electron chi connectivity index (χ1n) is 6.96. The number of hydrogen-bond acceptors (Lipinski definition) is 8. The van der Waals surface area contributed by atoms with Gasteiger partial charge >= 0.3 is 0 Å². The molecule has 0 bridgehead atoms. The SMILES string of the molecule is N#Cc1ccc(CSc2nnc(NC(=O)c3ccc(=O)[nH]n3)s2)cc1. The summed E-state index contributed by atoms with van der Waals surface area (Å²) in [5, 5.41) is 25.5. The van der Waals surface area contributed by atoms with Gasteiger partial charge in [0.05, 0.1) is 11.6 Å². The van der Waals surface area contributed by atoms with Crippen LogP contribution in [-0.2, 0) is 5.75 Å². The van der Waals surface area contributed by atoms with Gasteiger partial charge in [-0.1, -0.05) is 35.2 Å². The van der Waals surface area contributed by atoms with Crippen LogP contribution in [0.2, 0.25) is 0 Å². The molecule has 0 aliphatic rings. The van der Waals surface area contributed by atoms with E-state index in [4.69, 9.17) is 5.26 Å². The van der Waals surface area contributed by atoms with Crippen molar-refractivity contribution >= 4 is 34.1 Å². The van der Waals surface area contributed by atoms with Gasteiger partial charge in [-0.2, -0.15) is 10.4 Å². The Labute approximate surface area is 149 Å². The van der Waals surface area contributed by atoms with Crippen molar-refractivity contribution in [3.05, 3.63) is 63.6 Å². The number of nitrogens with zero attached hydrogens (tertiary/aromatic N) is 4. The van der Waals surface area contributed by atoms with E-state index in [1.165, 1.54) is 35.2 Å². The van der Waals surface area contributed by atoms with E-state index in [9.17, 15) is 9.59 Å². The zero-order chi connectivity index (χ0) is 17.6. The fourth-order valence-electron chi connectivity index (χ4n) is 1.77. The Morgan fingerprint density at radius 1 is 1.24 bits per heavy atom. The second kappa shape index (κ2) is 7.69. The fraction of sp³-hybridized carbons (Fsp3) is 0.0667. The minimum Gasteiger partial charge on any atom is -0.295 e. The monoisotopic (exact) mass is 370 g/mol. The molecule has 1 amide bonds. The molecule has 0 aliphatic carbocycles. The fourth-order valence-corrected chi connectivity index (χ4v) is 3.47. The summed E-state index contributed by atoms with van der Waals surface area (Å²) in [5.74, 6) is 0.200. The maximum Gasteiger partial charge on any atom is 0.277 e. The molecular weight excluding hydrogens is 360 g/mol. The Morgan fingerprint density at radius 2 is 2.04 bits per heavy atom. The summed E-state index contributed by atoms with van der Waals surface area (Å²) in [4.78, 5) is 22.9. The molecule has 10 heteroatoms. The van der Waals surface area contributed by atoms with Crippen LogP contribution in [0.5, 0.6) is 0 Å². The Hall–Kier alpha value is -3.03. The molecule has 0 aliphatic heterocycles. The van der Waals surface area contributed by atoms with Crippen LogP contribution in [0.3, 0.4) is 0 Å². The standard InChI is InChI=1S/C15H10N6O2S2/c16-7-9-1-3-10(4-2-9)8-24-15-21-20-14(25-15)17-13(23)11-5-6-12(22)19-18-11/h1-6H,8H2,(H,19,22)(H,17,20,23). The van der Waals surface area contributed by atoms with Gasteiger partial charge in [0.25, 0.3) is 11.5 Å². The summed E-state index contributed by atoms with van der Waals surface area (Å²) >= 11 is 2.72. The molecule has 0 spiro atoms. The topological polar surface area (TPSA) is 124 Å². The first kappa shape index (κ1) is 16.8. The third-order valence-electron chi connectivity index (χ3n) is 2.98. The molecular formula is C15H10N6O2S2. The molecule has 0 radical (unpaired) electrons. The first-order valence-corrected chi connectivity index (χ1v) is 8.77. The van der Waals surface area contributed by atoms with E-state index in [2.05, 4.69) is 31.8 Å². The number of carbonyl (C=O) groups excluding carboxylic acids is 1. The van der Waals surface area contributed by atoms with Crippen molar-refractivity contribution in [2.75, 3.05) is 5.32 Å². The van der Waals surface area contributed by atoms with Crippen molar-refractivity contribution in [3.63, 3.8) is 0 Å². The highest BCUT2D eigenvalue weighted by Crippen LogP contribution is 2.28. The molecule has 0 unspecified atom stereocenters. The van der Waals surface area contributed by atoms with Crippen LogP contribution >= 0.6 is 23.1 Å². The van der Waals surface area contributed by atoms with Crippen molar-refractivity contribution < 1.29 is 4.79 Å². The molecule has 0 saturated heterocycles. The van der Waals surface area contributed by atoms with Gasteiger partial charge < -0.3 is 0 Å². The molecule has 2 heterocycles. The quantitative estimate of drug-likeness (QED) is 0.520. The minimum atomic E-state index is -0.476. The molecule has 0 saturated carbocycles. The summed E-state index contributed by atoms with van der Waals surface area (Å²) in [5.41, 5.74) is 1.38. The van der Waals surface area contributed by atoms with Gasteiger partial charge in [0.2, 0.25) is 5.13 Å². The van der Waals surface area contributed by atoms with Crippen LogP contribution in [0.4, 0.5) is 5.13 Å². The van der Waals surface area contributed by atoms with Crippen molar-refractivity contribution in [2.24, 2.45) is 0 Å². The third kappa shape index (κ3) is 4.50.